The van der Waals surface area contributed by atoms with Crippen molar-refractivity contribution in [3.05, 3.63) is 11.4 Å². The summed E-state index contributed by atoms with van der Waals surface area (Å²) in [5, 5.41) is 12.4. The Morgan fingerprint density at radius 1 is 1.40 bits per heavy atom. The van der Waals surface area contributed by atoms with Gasteiger partial charge in [0.15, 0.2) is 5.75 Å². The quantitative estimate of drug-likeness (QED) is 0.840. The Morgan fingerprint density at radius 3 is 2.40 bits per heavy atom. The van der Waals surface area contributed by atoms with Gasteiger partial charge >= 0.3 is 12.1 Å². The number of aryl methyl sites for hydroxylation is 1. The van der Waals surface area contributed by atoms with Crippen molar-refractivity contribution < 1.29 is 31.5 Å². The van der Waals surface area contributed by atoms with Gasteiger partial charge in [-0.05, 0) is 13.8 Å². The highest BCUT2D eigenvalue weighted by molar-refractivity contribution is 7.92. The van der Waals surface area contributed by atoms with E-state index in [1.165, 1.54) is 13.8 Å². The van der Waals surface area contributed by atoms with Gasteiger partial charge in [0.2, 0.25) is 10.0 Å². The summed E-state index contributed by atoms with van der Waals surface area (Å²) in [4.78, 5) is 10.6. The molecule has 0 radical (unpaired) electrons. The van der Waals surface area contributed by atoms with Crippen molar-refractivity contribution in [3.8, 4) is 0 Å². The van der Waals surface area contributed by atoms with Crippen molar-refractivity contribution in [3.63, 3.8) is 0 Å². The zero-order chi connectivity index (χ0) is 15.7. The first kappa shape index (κ1) is 16.3. The topological polar surface area (TPSA) is 101 Å². The molecule has 1 heterocycles. The molecular formula is C9H12F3N3O4S. The van der Waals surface area contributed by atoms with E-state index < -0.39 is 34.5 Å². The van der Waals surface area contributed by atoms with Crippen LogP contribution in [0.15, 0.2) is 0 Å². The van der Waals surface area contributed by atoms with Crippen molar-refractivity contribution in [1.29, 1.82) is 0 Å². The lowest BCUT2D eigenvalue weighted by Crippen LogP contribution is -2.28. The molecule has 0 fully saturated rings. The van der Waals surface area contributed by atoms with Crippen molar-refractivity contribution in [2.45, 2.75) is 26.6 Å². The van der Waals surface area contributed by atoms with Crippen LogP contribution in [0.4, 0.5) is 18.9 Å². The van der Waals surface area contributed by atoms with Crippen LogP contribution in [0.1, 0.15) is 11.4 Å². The minimum absolute atomic E-state index is 0.0921. The number of nitrogens with zero attached hydrogens (tertiary/aromatic N) is 2. The third-order valence-corrected chi connectivity index (χ3v) is 3.50. The number of anilines is 1. The third kappa shape index (κ3) is 4.40. The molecule has 114 valence electrons. The van der Waals surface area contributed by atoms with Gasteiger partial charge in [-0.3, -0.25) is 14.2 Å². The maximum Gasteiger partial charge on any atom is 0.404 e. The maximum absolute atomic E-state index is 12.1. The average molecular weight is 315 g/mol. The van der Waals surface area contributed by atoms with E-state index in [-0.39, 0.29) is 17.1 Å². The lowest BCUT2D eigenvalue weighted by molar-refractivity contribution is -0.137. The molecule has 1 rings (SSSR count). The van der Waals surface area contributed by atoms with Gasteiger partial charge in [0.1, 0.15) is 6.54 Å². The van der Waals surface area contributed by atoms with Crippen LogP contribution in [0, 0.1) is 13.8 Å². The van der Waals surface area contributed by atoms with Crippen molar-refractivity contribution in [2.24, 2.45) is 0 Å². The fourth-order valence-corrected chi connectivity index (χ4v) is 2.64. The van der Waals surface area contributed by atoms with Crippen LogP contribution in [0.5, 0.6) is 0 Å². The smallest absolute Gasteiger partial charge is 0.404 e. The van der Waals surface area contributed by atoms with Gasteiger partial charge in [0, 0.05) is 0 Å². The van der Waals surface area contributed by atoms with Crippen molar-refractivity contribution in [1.82, 2.24) is 9.78 Å². The largest absolute Gasteiger partial charge is 0.480 e. The summed E-state index contributed by atoms with van der Waals surface area (Å²) in [6, 6.07) is 0. The predicted molar refractivity (Wildman–Crippen MR) is 62.8 cm³/mol. The number of carbonyl (C=O) groups is 1. The molecule has 0 saturated heterocycles. The van der Waals surface area contributed by atoms with E-state index in [4.69, 9.17) is 5.11 Å². The summed E-state index contributed by atoms with van der Waals surface area (Å²) in [5.74, 6) is -3.23. The van der Waals surface area contributed by atoms with Crippen LogP contribution in [-0.4, -0.2) is 41.2 Å². The number of sulfonamides is 1. The number of aromatic nitrogens is 2. The molecule has 0 aromatic carbocycles. The van der Waals surface area contributed by atoms with Gasteiger partial charge in [-0.25, -0.2) is 8.42 Å². The van der Waals surface area contributed by atoms with Crippen molar-refractivity contribution in [2.75, 3.05) is 10.5 Å². The second kappa shape index (κ2) is 5.31. The minimum atomic E-state index is -4.87. The van der Waals surface area contributed by atoms with Gasteiger partial charge in [0.25, 0.3) is 0 Å². The van der Waals surface area contributed by atoms with E-state index in [0.717, 1.165) is 4.68 Å². The number of nitrogens with one attached hydrogen (secondary N) is 1. The first-order valence-corrected chi connectivity index (χ1v) is 6.89. The van der Waals surface area contributed by atoms with E-state index in [1.54, 1.807) is 4.72 Å². The maximum atomic E-state index is 12.1. The summed E-state index contributed by atoms with van der Waals surface area (Å²) >= 11 is 0. The molecule has 0 aliphatic carbocycles. The summed E-state index contributed by atoms with van der Waals surface area (Å²) in [6.45, 7) is 2.19. The van der Waals surface area contributed by atoms with Crippen LogP contribution in [0.2, 0.25) is 0 Å². The number of carboxylic acid groups (broad SMARTS) is 1. The molecule has 0 amide bonds. The Hall–Kier alpha value is -1.78. The molecular weight excluding hydrogens is 303 g/mol. The molecule has 7 nitrogen and oxygen atoms in total. The van der Waals surface area contributed by atoms with Crippen molar-refractivity contribution >= 4 is 21.7 Å². The Morgan fingerprint density at radius 2 is 1.95 bits per heavy atom. The number of alkyl halides is 3. The Balaban J connectivity index is 3.04. The van der Waals surface area contributed by atoms with E-state index in [1.807, 2.05) is 0 Å². The number of hydrogen-bond donors (Lipinski definition) is 2. The lowest BCUT2D eigenvalue weighted by atomic mass is 10.3. The molecule has 11 heteroatoms. The van der Waals surface area contributed by atoms with Gasteiger partial charge in [-0.2, -0.15) is 18.3 Å². The highest BCUT2D eigenvalue weighted by Gasteiger charge is 2.35. The molecule has 1 aromatic heterocycles. The summed E-state index contributed by atoms with van der Waals surface area (Å²) in [5.41, 5.74) is 0.0700. The minimum Gasteiger partial charge on any atom is -0.480 e. The third-order valence-electron chi connectivity index (χ3n) is 2.28. The molecule has 1 aromatic rings. The van der Waals surface area contributed by atoms with Gasteiger partial charge in [0.05, 0.1) is 17.1 Å². The molecule has 0 aliphatic rings. The Bertz CT molecular complexity index is 621. The van der Waals surface area contributed by atoms with Crippen LogP contribution in [0.3, 0.4) is 0 Å². The molecule has 0 aliphatic heterocycles. The summed E-state index contributed by atoms with van der Waals surface area (Å²) < 4.78 is 61.8. The molecule has 20 heavy (non-hydrogen) atoms. The summed E-state index contributed by atoms with van der Waals surface area (Å²) in [6.07, 6.45) is -4.87. The monoisotopic (exact) mass is 315 g/mol. The fraction of sp³-hybridized carbons (Fsp3) is 0.556. The van der Waals surface area contributed by atoms with Gasteiger partial charge in [-0.1, -0.05) is 0 Å². The second-order valence-electron chi connectivity index (χ2n) is 4.07. The first-order chi connectivity index (χ1) is 8.91. The normalized spacial score (nSPS) is 12.4. The van der Waals surface area contributed by atoms with Crippen LogP contribution in [0.25, 0.3) is 0 Å². The van der Waals surface area contributed by atoms with Crippen LogP contribution in [-0.2, 0) is 21.4 Å². The van der Waals surface area contributed by atoms with E-state index in [0.29, 0.717) is 0 Å². The first-order valence-electron chi connectivity index (χ1n) is 5.24. The standard InChI is InChI=1S/C9H12F3N3O4S/c1-5-8(6(2)15(13-5)3-7(16)17)14-20(18,19)4-9(10,11)12/h14H,3-4H2,1-2H3,(H,16,17). The molecule has 0 unspecified atom stereocenters. The fourth-order valence-electron chi connectivity index (χ4n) is 1.53. The lowest BCUT2D eigenvalue weighted by Gasteiger charge is -2.10. The van der Waals surface area contributed by atoms with E-state index in [9.17, 15) is 26.4 Å². The average Bonchev–Trinajstić information content (AvgIpc) is 2.41. The number of halogens is 3. The number of aliphatic carboxylic acids is 1. The zero-order valence-corrected chi connectivity index (χ0v) is 11.3. The zero-order valence-electron chi connectivity index (χ0n) is 10.5. The Labute approximate surface area is 112 Å². The number of carboxylic acids is 1. The van der Waals surface area contributed by atoms with Crippen LogP contribution < -0.4 is 4.72 Å². The molecule has 0 bridgehead atoms. The molecule has 0 spiro atoms. The summed E-state index contributed by atoms with van der Waals surface area (Å²) in [7, 11) is -4.63. The van der Waals surface area contributed by atoms with Crippen LogP contribution >= 0.6 is 0 Å². The molecule has 0 atom stereocenters. The SMILES string of the molecule is Cc1nn(CC(=O)O)c(C)c1NS(=O)(=O)CC(F)(F)F. The van der Waals surface area contributed by atoms with E-state index >= 15 is 0 Å². The highest BCUT2D eigenvalue weighted by atomic mass is 32.2. The number of rotatable bonds is 5. The predicted octanol–water partition coefficient (Wildman–Crippen LogP) is 0.889. The second-order valence-corrected chi connectivity index (χ2v) is 5.80. The molecule has 0 saturated carbocycles. The number of hydrogen-bond acceptors (Lipinski definition) is 4. The van der Waals surface area contributed by atoms with Gasteiger partial charge in [-0.15, -0.1) is 0 Å². The highest BCUT2D eigenvalue weighted by Crippen LogP contribution is 2.23. The Kier molecular flexibility index (Phi) is 4.32. The van der Waals surface area contributed by atoms with Gasteiger partial charge < -0.3 is 5.11 Å². The van der Waals surface area contributed by atoms with E-state index in [2.05, 4.69) is 5.10 Å². The molecule has 2 N–H and O–H groups in total.